The quantitative estimate of drug-likeness (QED) is 0.827. The number of benzene rings is 1. The van der Waals surface area contributed by atoms with E-state index in [1.54, 1.807) is 18.5 Å². The summed E-state index contributed by atoms with van der Waals surface area (Å²) >= 11 is 0. The van der Waals surface area contributed by atoms with Crippen molar-refractivity contribution in [3.63, 3.8) is 0 Å². The van der Waals surface area contributed by atoms with Crippen LogP contribution in [0.4, 0.5) is 4.39 Å². The second kappa shape index (κ2) is 4.25. The van der Waals surface area contributed by atoms with Crippen LogP contribution in [0.3, 0.4) is 0 Å². The molecule has 0 unspecified atom stereocenters. The monoisotopic (exact) mass is 259 g/mol. The summed E-state index contributed by atoms with van der Waals surface area (Å²) in [5.41, 5.74) is 1.06. The smallest absolute Gasteiger partial charge is 0.338 e. The van der Waals surface area contributed by atoms with Crippen LogP contribution < -0.4 is 0 Å². The first-order chi connectivity index (χ1) is 7.43. The number of nitrogens with zero attached hydrogens (tertiary/aromatic N) is 1. The standard InChI is InChI=1S/C11H10FNO3.ClH/c1-5-10(11(15)16)6-3-9(14)7(12)4-8(6)13(5)2;/h3-4,14H,1-2H3,(H,15,16);1H. The maximum Gasteiger partial charge on any atom is 0.338 e. The highest BCUT2D eigenvalue weighted by Crippen LogP contribution is 2.30. The van der Waals surface area contributed by atoms with Crippen LogP contribution in [0, 0.1) is 12.7 Å². The van der Waals surface area contributed by atoms with Gasteiger partial charge in [0.1, 0.15) is 0 Å². The summed E-state index contributed by atoms with van der Waals surface area (Å²) in [6.45, 7) is 1.64. The SMILES string of the molecule is Cc1c(C(=O)O)c2cc(O)c(F)cc2n1C.Cl. The minimum Gasteiger partial charge on any atom is -0.505 e. The molecule has 2 rings (SSSR count). The Morgan fingerprint density at radius 2 is 2.00 bits per heavy atom. The average molecular weight is 260 g/mol. The van der Waals surface area contributed by atoms with E-state index in [1.807, 2.05) is 0 Å². The van der Waals surface area contributed by atoms with Crippen LogP contribution in [0.15, 0.2) is 12.1 Å². The Labute approximate surface area is 103 Å². The van der Waals surface area contributed by atoms with Crippen LogP contribution in [0.5, 0.6) is 5.75 Å². The first-order valence-corrected chi connectivity index (χ1v) is 4.64. The molecule has 1 heterocycles. The van der Waals surface area contributed by atoms with Gasteiger partial charge in [-0.3, -0.25) is 0 Å². The number of carboxylic acid groups (broad SMARTS) is 1. The molecule has 1 aromatic carbocycles. The van der Waals surface area contributed by atoms with Gasteiger partial charge >= 0.3 is 5.97 Å². The highest BCUT2D eigenvalue weighted by Gasteiger charge is 2.19. The number of aromatic nitrogens is 1. The lowest BCUT2D eigenvalue weighted by Crippen LogP contribution is -1.99. The zero-order valence-electron chi connectivity index (χ0n) is 9.19. The van der Waals surface area contributed by atoms with Crippen molar-refractivity contribution in [3.8, 4) is 5.75 Å². The summed E-state index contributed by atoms with van der Waals surface area (Å²) in [5, 5.41) is 18.6. The number of hydrogen-bond acceptors (Lipinski definition) is 2. The van der Waals surface area contributed by atoms with Crippen molar-refractivity contribution in [2.24, 2.45) is 7.05 Å². The van der Waals surface area contributed by atoms with Gasteiger partial charge < -0.3 is 14.8 Å². The molecular formula is C11H11ClFNO3. The predicted molar refractivity (Wildman–Crippen MR) is 63.5 cm³/mol. The van der Waals surface area contributed by atoms with Gasteiger partial charge in [-0.25, -0.2) is 9.18 Å². The number of fused-ring (bicyclic) bond motifs is 1. The Hall–Kier alpha value is -1.75. The summed E-state index contributed by atoms with van der Waals surface area (Å²) < 4.78 is 14.7. The molecular weight excluding hydrogens is 249 g/mol. The molecule has 17 heavy (non-hydrogen) atoms. The summed E-state index contributed by atoms with van der Waals surface area (Å²) in [7, 11) is 1.65. The molecule has 0 amide bonds. The molecule has 0 atom stereocenters. The number of hydrogen-bond donors (Lipinski definition) is 2. The van der Waals surface area contributed by atoms with E-state index in [4.69, 9.17) is 5.11 Å². The first kappa shape index (κ1) is 13.3. The molecule has 1 aromatic heterocycles. The van der Waals surface area contributed by atoms with Gasteiger partial charge in [-0.2, -0.15) is 0 Å². The molecule has 0 aliphatic heterocycles. The van der Waals surface area contributed by atoms with Gasteiger partial charge in [0, 0.05) is 24.2 Å². The van der Waals surface area contributed by atoms with Crippen molar-refractivity contribution < 1.29 is 19.4 Å². The fraction of sp³-hybridized carbons (Fsp3) is 0.182. The minimum atomic E-state index is -1.09. The van der Waals surface area contributed by atoms with E-state index in [-0.39, 0.29) is 18.0 Å². The number of aryl methyl sites for hydroxylation is 1. The number of phenolic OH excluding ortho intramolecular Hbond substituents is 1. The lowest BCUT2D eigenvalue weighted by atomic mass is 10.1. The fourth-order valence-electron chi connectivity index (χ4n) is 1.84. The van der Waals surface area contributed by atoms with E-state index < -0.39 is 17.5 Å². The van der Waals surface area contributed by atoms with Crippen LogP contribution in [0.25, 0.3) is 10.9 Å². The fourth-order valence-corrected chi connectivity index (χ4v) is 1.84. The zero-order valence-corrected chi connectivity index (χ0v) is 10.0. The van der Waals surface area contributed by atoms with Gasteiger partial charge in [0.15, 0.2) is 11.6 Å². The maximum atomic E-state index is 13.2. The largest absolute Gasteiger partial charge is 0.505 e. The number of phenols is 1. The van der Waals surface area contributed by atoms with E-state index in [1.165, 1.54) is 0 Å². The second-order valence-corrected chi connectivity index (χ2v) is 3.65. The third kappa shape index (κ3) is 1.82. The van der Waals surface area contributed by atoms with E-state index >= 15 is 0 Å². The van der Waals surface area contributed by atoms with Crippen LogP contribution in [-0.2, 0) is 7.05 Å². The van der Waals surface area contributed by atoms with Gasteiger partial charge in [-0.15, -0.1) is 12.4 Å². The van der Waals surface area contributed by atoms with Crippen molar-refractivity contribution in [3.05, 3.63) is 29.2 Å². The molecule has 2 aromatic rings. The molecule has 6 heteroatoms. The van der Waals surface area contributed by atoms with Gasteiger partial charge in [-0.1, -0.05) is 0 Å². The van der Waals surface area contributed by atoms with E-state index in [9.17, 15) is 14.3 Å². The number of halogens is 2. The molecule has 0 aliphatic carbocycles. The summed E-state index contributed by atoms with van der Waals surface area (Å²) in [4.78, 5) is 11.1. The first-order valence-electron chi connectivity index (χ1n) is 4.64. The molecule has 0 radical (unpaired) electrons. The molecule has 0 bridgehead atoms. The molecule has 0 fully saturated rings. The molecule has 0 aliphatic rings. The van der Waals surface area contributed by atoms with Crippen LogP contribution in [0.2, 0.25) is 0 Å². The van der Waals surface area contributed by atoms with Gasteiger partial charge in [0.2, 0.25) is 0 Å². The molecule has 92 valence electrons. The number of carbonyl (C=O) groups is 1. The average Bonchev–Trinajstić information content (AvgIpc) is 2.42. The summed E-state index contributed by atoms with van der Waals surface area (Å²) in [6, 6.07) is 2.27. The molecule has 0 saturated heterocycles. The maximum absolute atomic E-state index is 13.2. The van der Waals surface area contributed by atoms with Gasteiger partial charge in [-0.05, 0) is 13.0 Å². The minimum absolute atomic E-state index is 0. The van der Waals surface area contributed by atoms with Crippen molar-refractivity contribution >= 4 is 29.3 Å². The molecule has 0 saturated carbocycles. The van der Waals surface area contributed by atoms with Crippen molar-refractivity contribution in [2.75, 3.05) is 0 Å². The summed E-state index contributed by atoms with van der Waals surface area (Å²) in [6.07, 6.45) is 0. The molecule has 4 nitrogen and oxygen atoms in total. The van der Waals surface area contributed by atoms with Crippen LogP contribution in [-0.4, -0.2) is 20.7 Å². The van der Waals surface area contributed by atoms with Gasteiger partial charge in [0.05, 0.1) is 11.1 Å². The van der Waals surface area contributed by atoms with E-state index in [0.29, 0.717) is 16.6 Å². The lowest BCUT2D eigenvalue weighted by molar-refractivity contribution is 0.0698. The highest BCUT2D eigenvalue weighted by atomic mass is 35.5. The van der Waals surface area contributed by atoms with E-state index in [0.717, 1.165) is 12.1 Å². The van der Waals surface area contributed by atoms with Crippen molar-refractivity contribution in [1.82, 2.24) is 4.57 Å². The number of carboxylic acids is 1. The normalized spacial score (nSPS) is 10.3. The molecule has 2 N–H and O–H groups in total. The van der Waals surface area contributed by atoms with Crippen LogP contribution >= 0.6 is 12.4 Å². The Balaban J connectivity index is 0.00000144. The Kier molecular flexibility index (Phi) is 3.33. The van der Waals surface area contributed by atoms with E-state index in [2.05, 4.69) is 0 Å². The Bertz CT molecular complexity index is 607. The second-order valence-electron chi connectivity index (χ2n) is 3.65. The zero-order chi connectivity index (χ0) is 12.0. The van der Waals surface area contributed by atoms with Crippen LogP contribution in [0.1, 0.15) is 16.1 Å². The van der Waals surface area contributed by atoms with Crippen molar-refractivity contribution in [2.45, 2.75) is 6.92 Å². The van der Waals surface area contributed by atoms with Gasteiger partial charge in [0.25, 0.3) is 0 Å². The summed E-state index contributed by atoms with van der Waals surface area (Å²) in [5.74, 6) is -2.39. The van der Waals surface area contributed by atoms with Crippen molar-refractivity contribution in [1.29, 1.82) is 0 Å². The topological polar surface area (TPSA) is 62.5 Å². The third-order valence-electron chi connectivity index (χ3n) is 2.77. The highest BCUT2D eigenvalue weighted by molar-refractivity contribution is 6.05. The molecule has 0 spiro atoms. The Morgan fingerprint density at radius 3 is 2.53 bits per heavy atom. The predicted octanol–water partition coefficient (Wildman–Crippen LogP) is 2.45. The number of rotatable bonds is 1. The third-order valence-corrected chi connectivity index (χ3v) is 2.77. The number of aromatic carboxylic acids is 1. The number of aromatic hydroxyl groups is 1. The Morgan fingerprint density at radius 1 is 1.41 bits per heavy atom. The lowest BCUT2D eigenvalue weighted by Gasteiger charge is -1.99.